The summed E-state index contributed by atoms with van der Waals surface area (Å²) in [7, 11) is 1.23. The number of esters is 1. The van der Waals surface area contributed by atoms with Crippen LogP contribution in [-0.4, -0.2) is 24.6 Å². The second-order valence-electron chi connectivity index (χ2n) is 4.01. The van der Waals surface area contributed by atoms with Gasteiger partial charge in [0.15, 0.2) is 5.78 Å². The number of rotatable bonds is 2. The Balaban J connectivity index is 2.34. The molecule has 0 radical (unpaired) electrons. The summed E-state index contributed by atoms with van der Waals surface area (Å²) >= 11 is 0. The van der Waals surface area contributed by atoms with Crippen molar-refractivity contribution in [1.82, 2.24) is 0 Å². The molecule has 1 aliphatic carbocycles. The van der Waals surface area contributed by atoms with Gasteiger partial charge in [0.25, 0.3) is 0 Å². The highest BCUT2D eigenvalue weighted by molar-refractivity contribution is 6.11. The maximum Gasteiger partial charge on any atom is 0.316 e. The lowest BCUT2D eigenvalue weighted by Crippen LogP contribution is -2.37. The average molecular weight is 236 g/mol. The number of ketones is 2. The molecule has 5 nitrogen and oxygen atoms in total. The third kappa shape index (κ3) is 2.13. The first-order valence-corrected chi connectivity index (χ1v) is 5.29. The Morgan fingerprint density at radius 2 is 2.24 bits per heavy atom. The Labute approximate surface area is 97.7 Å². The molecular formula is C12H12O5. The summed E-state index contributed by atoms with van der Waals surface area (Å²) in [5, 5.41) is 0. The SMILES string of the molecule is COC(=O)C1C(=O)CC(=O)CC1c1ccco1. The van der Waals surface area contributed by atoms with Gasteiger partial charge in [-0.1, -0.05) is 0 Å². The van der Waals surface area contributed by atoms with Gasteiger partial charge in [0.1, 0.15) is 17.5 Å². The van der Waals surface area contributed by atoms with Gasteiger partial charge >= 0.3 is 5.97 Å². The predicted octanol–water partition coefficient (Wildman–Crippen LogP) is 1.08. The number of methoxy groups -OCH3 is 1. The fourth-order valence-electron chi connectivity index (χ4n) is 2.15. The highest BCUT2D eigenvalue weighted by atomic mass is 16.5. The molecule has 1 heterocycles. The van der Waals surface area contributed by atoms with E-state index in [0.717, 1.165) is 0 Å². The third-order valence-electron chi connectivity index (χ3n) is 2.93. The summed E-state index contributed by atoms with van der Waals surface area (Å²) in [6.07, 6.45) is 1.39. The molecular weight excluding hydrogens is 224 g/mol. The molecule has 0 amide bonds. The van der Waals surface area contributed by atoms with Crippen LogP contribution in [0.25, 0.3) is 0 Å². The Morgan fingerprint density at radius 3 is 2.82 bits per heavy atom. The zero-order chi connectivity index (χ0) is 12.4. The molecule has 17 heavy (non-hydrogen) atoms. The Morgan fingerprint density at radius 1 is 1.47 bits per heavy atom. The van der Waals surface area contributed by atoms with Crippen LogP contribution in [0.4, 0.5) is 0 Å². The molecule has 0 bridgehead atoms. The fraction of sp³-hybridized carbons (Fsp3) is 0.417. The smallest absolute Gasteiger partial charge is 0.316 e. The Hall–Kier alpha value is -1.91. The van der Waals surface area contributed by atoms with Crippen molar-refractivity contribution in [1.29, 1.82) is 0 Å². The molecule has 5 heteroatoms. The van der Waals surface area contributed by atoms with Crippen LogP contribution in [0.5, 0.6) is 0 Å². The quantitative estimate of drug-likeness (QED) is 0.567. The van der Waals surface area contributed by atoms with Crippen LogP contribution < -0.4 is 0 Å². The summed E-state index contributed by atoms with van der Waals surface area (Å²) in [4.78, 5) is 34.8. The molecule has 2 unspecified atom stereocenters. The number of carbonyl (C=O) groups excluding carboxylic acids is 3. The predicted molar refractivity (Wildman–Crippen MR) is 56.2 cm³/mol. The molecule has 0 spiro atoms. The van der Waals surface area contributed by atoms with Crippen LogP contribution in [0.1, 0.15) is 24.5 Å². The van der Waals surface area contributed by atoms with Gasteiger partial charge in [-0.15, -0.1) is 0 Å². The second kappa shape index (κ2) is 4.53. The lowest BCUT2D eigenvalue weighted by atomic mass is 9.76. The maximum atomic E-state index is 11.7. The molecule has 0 aromatic carbocycles. The van der Waals surface area contributed by atoms with Crippen molar-refractivity contribution in [2.75, 3.05) is 7.11 Å². The Kier molecular flexibility index (Phi) is 3.08. The van der Waals surface area contributed by atoms with E-state index in [-0.39, 0.29) is 18.6 Å². The first-order valence-electron chi connectivity index (χ1n) is 5.29. The molecule has 1 aromatic heterocycles. The van der Waals surface area contributed by atoms with Gasteiger partial charge in [0.2, 0.25) is 0 Å². The van der Waals surface area contributed by atoms with Gasteiger partial charge in [-0.25, -0.2) is 0 Å². The molecule has 0 aliphatic heterocycles. The van der Waals surface area contributed by atoms with E-state index >= 15 is 0 Å². The molecule has 1 saturated carbocycles. The van der Waals surface area contributed by atoms with Gasteiger partial charge in [-0.3, -0.25) is 14.4 Å². The number of hydrogen-bond donors (Lipinski definition) is 0. The van der Waals surface area contributed by atoms with E-state index in [0.29, 0.717) is 5.76 Å². The first kappa shape index (κ1) is 11.6. The van der Waals surface area contributed by atoms with Crippen LogP contribution in [0.3, 0.4) is 0 Å². The van der Waals surface area contributed by atoms with Crippen LogP contribution in [0.15, 0.2) is 22.8 Å². The van der Waals surface area contributed by atoms with Crippen molar-refractivity contribution >= 4 is 17.5 Å². The number of Topliss-reactive ketones (excluding diaryl/α,β-unsaturated/α-hetero) is 2. The van der Waals surface area contributed by atoms with Crippen molar-refractivity contribution in [3.05, 3.63) is 24.2 Å². The summed E-state index contributed by atoms with van der Waals surface area (Å²) < 4.78 is 9.79. The number of carbonyl (C=O) groups is 3. The topological polar surface area (TPSA) is 73.6 Å². The highest BCUT2D eigenvalue weighted by Gasteiger charge is 2.43. The maximum absolute atomic E-state index is 11.7. The van der Waals surface area contributed by atoms with E-state index in [9.17, 15) is 14.4 Å². The van der Waals surface area contributed by atoms with E-state index in [1.165, 1.54) is 13.4 Å². The molecule has 2 rings (SSSR count). The van der Waals surface area contributed by atoms with Crippen molar-refractivity contribution < 1.29 is 23.5 Å². The molecule has 1 aliphatic rings. The van der Waals surface area contributed by atoms with Gasteiger partial charge in [0.05, 0.1) is 19.8 Å². The fourth-order valence-corrected chi connectivity index (χ4v) is 2.15. The van der Waals surface area contributed by atoms with Crippen molar-refractivity contribution in [2.45, 2.75) is 18.8 Å². The van der Waals surface area contributed by atoms with E-state index in [1.54, 1.807) is 12.1 Å². The van der Waals surface area contributed by atoms with E-state index in [4.69, 9.17) is 4.42 Å². The lowest BCUT2D eigenvalue weighted by Gasteiger charge is -2.25. The van der Waals surface area contributed by atoms with E-state index in [2.05, 4.69) is 4.74 Å². The molecule has 90 valence electrons. The summed E-state index contributed by atoms with van der Waals surface area (Å²) in [5.74, 6) is -2.16. The number of hydrogen-bond acceptors (Lipinski definition) is 5. The minimum Gasteiger partial charge on any atom is -0.469 e. The van der Waals surface area contributed by atoms with Gasteiger partial charge < -0.3 is 9.15 Å². The Bertz CT molecular complexity index is 445. The molecule has 2 atom stereocenters. The summed E-state index contributed by atoms with van der Waals surface area (Å²) in [6, 6.07) is 3.32. The zero-order valence-corrected chi connectivity index (χ0v) is 9.34. The molecule has 1 aromatic rings. The molecule has 0 saturated heterocycles. The summed E-state index contributed by atoms with van der Waals surface area (Å²) in [6.45, 7) is 0. The van der Waals surface area contributed by atoms with Crippen molar-refractivity contribution in [3.8, 4) is 0 Å². The van der Waals surface area contributed by atoms with Crippen molar-refractivity contribution in [3.63, 3.8) is 0 Å². The van der Waals surface area contributed by atoms with Crippen LogP contribution in [-0.2, 0) is 19.1 Å². The van der Waals surface area contributed by atoms with E-state index < -0.39 is 23.6 Å². The molecule has 0 N–H and O–H groups in total. The largest absolute Gasteiger partial charge is 0.469 e. The van der Waals surface area contributed by atoms with Crippen molar-refractivity contribution in [2.24, 2.45) is 5.92 Å². The lowest BCUT2D eigenvalue weighted by molar-refractivity contribution is -0.152. The van der Waals surface area contributed by atoms with Gasteiger partial charge in [0, 0.05) is 12.3 Å². The number of furan rings is 1. The highest BCUT2D eigenvalue weighted by Crippen LogP contribution is 2.35. The standard InChI is InChI=1S/C12H12O5/c1-16-12(15)11-8(10-3-2-4-17-10)5-7(13)6-9(11)14/h2-4,8,11H,5-6H2,1H3. The van der Waals surface area contributed by atoms with Crippen LogP contribution in [0.2, 0.25) is 0 Å². The summed E-state index contributed by atoms with van der Waals surface area (Å²) in [5.41, 5.74) is 0. The average Bonchev–Trinajstić information content (AvgIpc) is 2.80. The zero-order valence-electron chi connectivity index (χ0n) is 9.34. The monoisotopic (exact) mass is 236 g/mol. The van der Waals surface area contributed by atoms with Gasteiger partial charge in [-0.2, -0.15) is 0 Å². The molecule has 1 fully saturated rings. The first-order chi connectivity index (χ1) is 8.13. The van der Waals surface area contributed by atoms with E-state index in [1.807, 2.05) is 0 Å². The minimum absolute atomic E-state index is 0.138. The second-order valence-corrected chi connectivity index (χ2v) is 4.01. The third-order valence-corrected chi connectivity index (χ3v) is 2.93. The minimum atomic E-state index is -0.927. The van der Waals surface area contributed by atoms with Gasteiger partial charge in [-0.05, 0) is 12.1 Å². The van der Waals surface area contributed by atoms with Crippen LogP contribution in [0, 0.1) is 5.92 Å². The van der Waals surface area contributed by atoms with Crippen LogP contribution >= 0.6 is 0 Å². The normalized spacial score (nSPS) is 24.8. The number of ether oxygens (including phenoxy) is 1.